The van der Waals surface area contributed by atoms with Gasteiger partial charge in [-0.05, 0) is 41.0 Å². The molecule has 1 N–H and O–H groups in total. The lowest BCUT2D eigenvalue weighted by molar-refractivity contribution is 0.0963. The number of aryl methyl sites for hydroxylation is 1. The van der Waals surface area contributed by atoms with Crippen LogP contribution in [0.4, 0.5) is 20.7 Å². The molecule has 1 atom stereocenters. The largest absolute Gasteiger partial charge is 0.441 e. The van der Waals surface area contributed by atoms with E-state index in [1.54, 1.807) is 18.3 Å². The maximum Gasteiger partial charge on any atom is 0.414 e. The van der Waals surface area contributed by atoms with E-state index >= 15 is 0 Å². The molecule has 2 aromatic carbocycles. The first-order valence-corrected chi connectivity index (χ1v) is 9.77. The fourth-order valence-electron chi connectivity index (χ4n) is 4.13. The van der Waals surface area contributed by atoms with E-state index in [9.17, 15) is 14.3 Å². The molecular formula is C22H21FN4O3. The Morgan fingerprint density at radius 1 is 1.17 bits per heavy atom. The third-order valence-corrected chi connectivity index (χ3v) is 5.70. The second kappa shape index (κ2) is 7.14. The van der Waals surface area contributed by atoms with Crippen molar-refractivity contribution in [3.8, 4) is 11.1 Å². The molecular weight excluding hydrogens is 387 g/mol. The van der Waals surface area contributed by atoms with Crippen LogP contribution in [-0.2, 0) is 24.9 Å². The first-order valence-electron chi connectivity index (χ1n) is 9.77. The number of aromatic nitrogens is 2. The minimum Gasteiger partial charge on any atom is -0.441 e. The van der Waals surface area contributed by atoms with E-state index in [1.807, 2.05) is 36.0 Å². The van der Waals surface area contributed by atoms with Crippen molar-refractivity contribution in [2.24, 2.45) is 7.05 Å². The second-order valence-electron chi connectivity index (χ2n) is 7.62. The van der Waals surface area contributed by atoms with Crippen molar-refractivity contribution in [2.75, 3.05) is 23.0 Å². The van der Waals surface area contributed by atoms with Gasteiger partial charge in [0.25, 0.3) is 0 Å². The Kier molecular flexibility index (Phi) is 4.43. The molecule has 1 amide bonds. The average molecular weight is 408 g/mol. The number of halogens is 1. The smallest absolute Gasteiger partial charge is 0.414 e. The zero-order valence-electron chi connectivity index (χ0n) is 16.5. The molecule has 7 nitrogen and oxygen atoms in total. The Morgan fingerprint density at radius 3 is 2.70 bits per heavy atom. The molecule has 3 heterocycles. The molecule has 0 spiro atoms. The van der Waals surface area contributed by atoms with Crippen LogP contribution in [-0.4, -0.2) is 40.2 Å². The van der Waals surface area contributed by atoms with E-state index in [0.717, 1.165) is 30.0 Å². The van der Waals surface area contributed by atoms with Gasteiger partial charge >= 0.3 is 6.09 Å². The van der Waals surface area contributed by atoms with Crippen molar-refractivity contribution in [2.45, 2.75) is 19.2 Å². The summed E-state index contributed by atoms with van der Waals surface area (Å²) in [6, 6.07) is 12.7. The average Bonchev–Trinajstić information content (AvgIpc) is 3.44. The van der Waals surface area contributed by atoms with Gasteiger partial charge in [-0.1, -0.05) is 12.1 Å². The standard InChI is InChI=1S/C22H21FN4O3/c1-25-21(6-7-24-25)26-10-15-3-2-14(8-16(15)11-26)19-5-4-17(9-20(19)23)27-12-18(13-28)30-22(27)29/h2-9,18,28H,10-13H2,1H3/t18-/m1/s1. The normalized spacial score (nSPS) is 18.1. The number of ether oxygens (including phenoxy) is 1. The third-order valence-electron chi connectivity index (χ3n) is 5.70. The lowest BCUT2D eigenvalue weighted by Gasteiger charge is -2.16. The number of carbonyl (C=O) groups excluding carboxylic acids is 1. The van der Waals surface area contributed by atoms with Crippen molar-refractivity contribution < 1.29 is 19.0 Å². The summed E-state index contributed by atoms with van der Waals surface area (Å²) in [7, 11) is 1.92. The summed E-state index contributed by atoms with van der Waals surface area (Å²) in [4.78, 5) is 15.5. The molecule has 0 aliphatic carbocycles. The van der Waals surface area contributed by atoms with Gasteiger partial charge in [0.1, 0.15) is 17.7 Å². The predicted molar refractivity (Wildman–Crippen MR) is 110 cm³/mol. The van der Waals surface area contributed by atoms with Crippen LogP contribution < -0.4 is 9.80 Å². The highest BCUT2D eigenvalue weighted by atomic mass is 19.1. The molecule has 8 heteroatoms. The molecule has 0 bridgehead atoms. The van der Waals surface area contributed by atoms with Crippen LogP contribution in [0, 0.1) is 5.82 Å². The maximum atomic E-state index is 14.9. The summed E-state index contributed by atoms with van der Waals surface area (Å²) < 4.78 is 21.8. The van der Waals surface area contributed by atoms with Gasteiger partial charge in [-0.2, -0.15) is 5.10 Å². The highest BCUT2D eigenvalue weighted by Gasteiger charge is 2.32. The number of nitrogens with zero attached hydrogens (tertiary/aromatic N) is 4. The van der Waals surface area contributed by atoms with Crippen LogP contribution in [0.1, 0.15) is 11.1 Å². The lowest BCUT2D eigenvalue weighted by atomic mass is 10.00. The van der Waals surface area contributed by atoms with Gasteiger partial charge in [0, 0.05) is 31.8 Å². The molecule has 30 heavy (non-hydrogen) atoms. The van der Waals surface area contributed by atoms with Gasteiger partial charge in [-0.3, -0.25) is 9.58 Å². The summed E-state index contributed by atoms with van der Waals surface area (Å²) in [5, 5.41) is 13.4. The minimum absolute atomic E-state index is 0.205. The van der Waals surface area contributed by atoms with Crippen molar-refractivity contribution in [3.05, 3.63) is 65.6 Å². The molecule has 154 valence electrons. The molecule has 3 aromatic rings. The summed E-state index contributed by atoms with van der Waals surface area (Å²) in [5.74, 6) is 0.635. The molecule has 0 saturated carbocycles. The van der Waals surface area contributed by atoms with Crippen LogP contribution in [0.15, 0.2) is 48.7 Å². The van der Waals surface area contributed by atoms with Crippen molar-refractivity contribution in [1.82, 2.24) is 9.78 Å². The highest BCUT2D eigenvalue weighted by Crippen LogP contribution is 2.33. The highest BCUT2D eigenvalue weighted by molar-refractivity contribution is 5.90. The van der Waals surface area contributed by atoms with Gasteiger partial charge < -0.3 is 14.7 Å². The number of rotatable bonds is 4. The van der Waals surface area contributed by atoms with Gasteiger partial charge in [0.15, 0.2) is 0 Å². The van der Waals surface area contributed by atoms with Crippen LogP contribution in [0.2, 0.25) is 0 Å². The first-order chi connectivity index (χ1) is 14.5. The Bertz CT molecular complexity index is 1130. The molecule has 2 aliphatic heterocycles. The molecule has 2 aliphatic rings. The number of cyclic esters (lactones) is 1. The number of carbonyl (C=O) groups is 1. The Balaban J connectivity index is 1.40. The summed E-state index contributed by atoms with van der Waals surface area (Å²) >= 11 is 0. The van der Waals surface area contributed by atoms with Gasteiger partial charge in [-0.15, -0.1) is 0 Å². The van der Waals surface area contributed by atoms with Crippen molar-refractivity contribution >= 4 is 17.6 Å². The SMILES string of the molecule is Cn1nccc1N1Cc2ccc(-c3ccc(N4C[C@H](CO)OC4=O)cc3F)cc2C1. The quantitative estimate of drug-likeness (QED) is 0.719. The number of benzene rings is 2. The molecule has 0 radical (unpaired) electrons. The maximum absolute atomic E-state index is 14.9. The van der Waals surface area contributed by atoms with E-state index in [2.05, 4.69) is 10.00 Å². The van der Waals surface area contributed by atoms with Gasteiger partial charge in [0.2, 0.25) is 0 Å². The van der Waals surface area contributed by atoms with Crippen LogP contribution in [0.3, 0.4) is 0 Å². The molecule has 1 fully saturated rings. The number of aliphatic hydroxyl groups excluding tert-OH is 1. The number of amides is 1. The fourth-order valence-corrected chi connectivity index (χ4v) is 4.13. The Hall–Kier alpha value is -3.39. The zero-order chi connectivity index (χ0) is 20.8. The Labute approximate surface area is 172 Å². The summed E-state index contributed by atoms with van der Waals surface area (Å²) in [5.41, 5.74) is 4.06. The van der Waals surface area contributed by atoms with E-state index < -0.39 is 18.0 Å². The Morgan fingerprint density at radius 2 is 2.00 bits per heavy atom. The summed E-state index contributed by atoms with van der Waals surface area (Å²) in [6.07, 6.45) is 0.618. The first kappa shape index (κ1) is 18.6. The van der Waals surface area contributed by atoms with E-state index in [1.165, 1.54) is 16.5 Å². The van der Waals surface area contributed by atoms with Crippen molar-refractivity contribution in [1.29, 1.82) is 0 Å². The fraction of sp³-hybridized carbons (Fsp3) is 0.273. The van der Waals surface area contributed by atoms with Gasteiger partial charge in [0.05, 0.1) is 25.0 Å². The number of anilines is 2. The second-order valence-corrected chi connectivity index (χ2v) is 7.62. The molecule has 1 saturated heterocycles. The number of aliphatic hydroxyl groups is 1. The lowest BCUT2D eigenvalue weighted by Crippen LogP contribution is -2.25. The van der Waals surface area contributed by atoms with Crippen LogP contribution >= 0.6 is 0 Å². The van der Waals surface area contributed by atoms with E-state index in [-0.39, 0.29) is 13.2 Å². The van der Waals surface area contributed by atoms with E-state index in [4.69, 9.17) is 4.74 Å². The van der Waals surface area contributed by atoms with Gasteiger partial charge in [-0.25, -0.2) is 9.18 Å². The number of hydrogen-bond donors (Lipinski definition) is 1. The molecule has 1 aromatic heterocycles. The predicted octanol–water partition coefficient (Wildman–Crippen LogP) is 3.06. The monoisotopic (exact) mass is 408 g/mol. The van der Waals surface area contributed by atoms with Crippen molar-refractivity contribution in [3.63, 3.8) is 0 Å². The van der Waals surface area contributed by atoms with Crippen LogP contribution in [0.25, 0.3) is 11.1 Å². The third kappa shape index (κ3) is 3.09. The number of hydrogen-bond acceptors (Lipinski definition) is 5. The van der Waals surface area contributed by atoms with Crippen LogP contribution in [0.5, 0.6) is 0 Å². The molecule has 0 unspecified atom stereocenters. The zero-order valence-corrected chi connectivity index (χ0v) is 16.5. The molecule has 5 rings (SSSR count). The summed E-state index contributed by atoms with van der Waals surface area (Å²) in [6.45, 7) is 1.48. The van der Waals surface area contributed by atoms with E-state index in [0.29, 0.717) is 11.3 Å². The topological polar surface area (TPSA) is 70.8 Å². The minimum atomic E-state index is -0.584. The number of fused-ring (bicyclic) bond motifs is 1.